The van der Waals surface area contributed by atoms with Gasteiger partial charge in [0, 0.05) is 18.1 Å². The highest BCUT2D eigenvalue weighted by molar-refractivity contribution is 9.10. The summed E-state index contributed by atoms with van der Waals surface area (Å²) in [5, 5.41) is 9.23. The minimum absolute atomic E-state index is 0.289. The fourth-order valence-electron chi connectivity index (χ4n) is 1.93. The molecule has 0 atom stereocenters. The van der Waals surface area contributed by atoms with Gasteiger partial charge in [-0.25, -0.2) is 0 Å². The molecule has 0 amide bonds. The maximum Gasteiger partial charge on any atom is 0.316 e. The predicted molar refractivity (Wildman–Crippen MR) is 68.3 cm³/mol. The van der Waals surface area contributed by atoms with Crippen molar-refractivity contribution in [1.29, 1.82) is 0 Å². The molecule has 0 aromatic heterocycles. The van der Waals surface area contributed by atoms with Gasteiger partial charge in [0.2, 0.25) is 0 Å². The molecule has 0 aliphatic carbocycles. The van der Waals surface area contributed by atoms with Crippen LogP contribution in [0, 0.1) is 5.41 Å². The molecule has 0 radical (unpaired) electrons. The van der Waals surface area contributed by atoms with Crippen LogP contribution in [0.3, 0.4) is 0 Å². The van der Waals surface area contributed by atoms with Gasteiger partial charge >= 0.3 is 5.97 Å². The lowest BCUT2D eigenvalue weighted by atomic mass is 9.85. The number of carbonyl (C=O) groups is 1. The summed E-state index contributed by atoms with van der Waals surface area (Å²) in [5.74, 6) is -0.789. The molecule has 0 bridgehead atoms. The molecule has 1 aliphatic rings. The standard InChI is InChI=1S/C12H14BrNO3/c1-14(10-5-3-2-4-9(10)13)6-12(11(15)16)7-17-8-12/h2-5H,6-8H2,1H3,(H,15,16). The molecule has 0 spiro atoms. The summed E-state index contributed by atoms with van der Waals surface area (Å²) in [6.45, 7) is 1.03. The van der Waals surface area contributed by atoms with Crippen LogP contribution in [-0.4, -0.2) is 37.9 Å². The lowest BCUT2D eigenvalue weighted by molar-refractivity contribution is -0.177. The molecule has 1 aromatic rings. The van der Waals surface area contributed by atoms with Crippen LogP contribution in [0.1, 0.15) is 0 Å². The monoisotopic (exact) mass is 299 g/mol. The molecule has 1 heterocycles. The van der Waals surface area contributed by atoms with Gasteiger partial charge < -0.3 is 14.7 Å². The Labute approximate surface area is 108 Å². The highest BCUT2D eigenvalue weighted by atomic mass is 79.9. The van der Waals surface area contributed by atoms with E-state index in [0.29, 0.717) is 6.54 Å². The van der Waals surface area contributed by atoms with Gasteiger partial charge in [-0.05, 0) is 28.1 Å². The first kappa shape index (κ1) is 12.4. The Balaban J connectivity index is 2.14. The lowest BCUT2D eigenvalue weighted by Crippen LogP contribution is -2.55. The maximum absolute atomic E-state index is 11.2. The van der Waals surface area contributed by atoms with Crippen molar-refractivity contribution in [2.75, 3.05) is 31.7 Å². The van der Waals surface area contributed by atoms with Crippen molar-refractivity contribution in [1.82, 2.24) is 0 Å². The smallest absolute Gasteiger partial charge is 0.316 e. The van der Waals surface area contributed by atoms with Crippen LogP contribution < -0.4 is 4.90 Å². The van der Waals surface area contributed by atoms with E-state index in [1.807, 2.05) is 36.2 Å². The van der Waals surface area contributed by atoms with E-state index in [2.05, 4.69) is 15.9 Å². The second-order valence-electron chi connectivity index (χ2n) is 4.39. The molecule has 1 saturated heterocycles. The number of hydrogen-bond acceptors (Lipinski definition) is 3. The minimum Gasteiger partial charge on any atom is -0.481 e. The highest BCUT2D eigenvalue weighted by Gasteiger charge is 2.47. The molecule has 1 N–H and O–H groups in total. The number of anilines is 1. The van der Waals surface area contributed by atoms with Gasteiger partial charge in [-0.1, -0.05) is 12.1 Å². The summed E-state index contributed by atoms with van der Waals surface area (Å²) in [6.07, 6.45) is 0. The fraction of sp³-hybridized carbons (Fsp3) is 0.417. The van der Waals surface area contributed by atoms with Crippen LogP contribution in [-0.2, 0) is 9.53 Å². The van der Waals surface area contributed by atoms with Gasteiger partial charge in [-0.15, -0.1) is 0 Å². The van der Waals surface area contributed by atoms with E-state index in [9.17, 15) is 9.90 Å². The van der Waals surface area contributed by atoms with Crippen molar-refractivity contribution >= 4 is 27.6 Å². The normalized spacial score (nSPS) is 17.3. The third-order valence-electron chi connectivity index (χ3n) is 3.01. The topological polar surface area (TPSA) is 49.8 Å². The number of halogens is 1. The Hall–Kier alpha value is -1.07. The molecular weight excluding hydrogens is 286 g/mol. The van der Waals surface area contributed by atoms with Crippen molar-refractivity contribution < 1.29 is 14.6 Å². The first-order chi connectivity index (χ1) is 8.05. The summed E-state index contributed by atoms with van der Waals surface area (Å²) in [6, 6.07) is 7.76. The molecule has 4 nitrogen and oxygen atoms in total. The highest BCUT2D eigenvalue weighted by Crippen LogP contribution is 2.32. The van der Waals surface area contributed by atoms with Crippen LogP contribution >= 0.6 is 15.9 Å². The van der Waals surface area contributed by atoms with Crippen molar-refractivity contribution in [3.8, 4) is 0 Å². The molecule has 2 rings (SSSR count). The molecule has 92 valence electrons. The molecular formula is C12H14BrNO3. The predicted octanol–water partition coefficient (Wildman–Crippen LogP) is 1.99. The van der Waals surface area contributed by atoms with Crippen LogP contribution in [0.15, 0.2) is 28.7 Å². The van der Waals surface area contributed by atoms with E-state index in [1.165, 1.54) is 0 Å². The van der Waals surface area contributed by atoms with Crippen molar-refractivity contribution in [3.63, 3.8) is 0 Å². The van der Waals surface area contributed by atoms with Crippen LogP contribution in [0.5, 0.6) is 0 Å². The Kier molecular flexibility index (Phi) is 3.40. The zero-order valence-corrected chi connectivity index (χ0v) is 11.1. The Morgan fingerprint density at radius 2 is 2.18 bits per heavy atom. The van der Waals surface area contributed by atoms with Gasteiger partial charge in [0.05, 0.1) is 18.9 Å². The van der Waals surface area contributed by atoms with Crippen molar-refractivity contribution in [2.45, 2.75) is 0 Å². The van der Waals surface area contributed by atoms with E-state index < -0.39 is 11.4 Å². The second kappa shape index (κ2) is 4.66. The average Bonchev–Trinajstić information content (AvgIpc) is 2.23. The summed E-state index contributed by atoms with van der Waals surface area (Å²) in [4.78, 5) is 13.2. The summed E-state index contributed by atoms with van der Waals surface area (Å²) < 4.78 is 6.01. The summed E-state index contributed by atoms with van der Waals surface area (Å²) in [7, 11) is 1.89. The van der Waals surface area contributed by atoms with Gasteiger partial charge in [-0.3, -0.25) is 4.79 Å². The number of nitrogens with zero attached hydrogens (tertiary/aromatic N) is 1. The molecule has 5 heteroatoms. The van der Waals surface area contributed by atoms with E-state index in [1.54, 1.807) is 0 Å². The quantitative estimate of drug-likeness (QED) is 0.924. The molecule has 0 saturated carbocycles. The number of benzene rings is 1. The Morgan fingerprint density at radius 1 is 1.53 bits per heavy atom. The Morgan fingerprint density at radius 3 is 2.65 bits per heavy atom. The van der Waals surface area contributed by atoms with E-state index >= 15 is 0 Å². The number of ether oxygens (including phenoxy) is 1. The number of hydrogen-bond donors (Lipinski definition) is 1. The third-order valence-corrected chi connectivity index (χ3v) is 3.68. The molecule has 0 unspecified atom stereocenters. The summed E-state index contributed by atoms with van der Waals surface area (Å²) in [5.41, 5.74) is 0.226. The molecule has 17 heavy (non-hydrogen) atoms. The van der Waals surface area contributed by atoms with Crippen LogP contribution in [0.25, 0.3) is 0 Å². The van der Waals surface area contributed by atoms with Gasteiger partial charge in [0.15, 0.2) is 0 Å². The zero-order valence-electron chi connectivity index (χ0n) is 9.52. The first-order valence-electron chi connectivity index (χ1n) is 5.32. The summed E-state index contributed by atoms with van der Waals surface area (Å²) >= 11 is 3.46. The second-order valence-corrected chi connectivity index (χ2v) is 5.24. The molecule has 1 fully saturated rings. The van der Waals surface area contributed by atoms with Gasteiger partial charge in [-0.2, -0.15) is 0 Å². The minimum atomic E-state index is -0.789. The maximum atomic E-state index is 11.2. The van der Waals surface area contributed by atoms with E-state index in [-0.39, 0.29) is 13.2 Å². The number of carboxylic acid groups (broad SMARTS) is 1. The first-order valence-corrected chi connectivity index (χ1v) is 6.11. The third kappa shape index (κ3) is 2.30. The van der Waals surface area contributed by atoms with Crippen molar-refractivity contribution in [2.24, 2.45) is 5.41 Å². The van der Waals surface area contributed by atoms with Crippen LogP contribution in [0.4, 0.5) is 5.69 Å². The molecule has 1 aliphatic heterocycles. The number of rotatable bonds is 4. The van der Waals surface area contributed by atoms with Gasteiger partial charge in [0.25, 0.3) is 0 Å². The van der Waals surface area contributed by atoms with Gasteiger partial charge in [0.1, 0.15) is 5.41 Å². The lowest BCUT2D eigenvalue weighted by Gasteiger charge is -2.40. The number of aliphatic carboxylic acids is 1. The largest absolute Gasteiger partial charge is 0.481 e. The SMILES string of the molecule is CN(CC1(C(=O)O)COC1)c1ccccc1Br. The zero-order chi connectivity index (χ0) is 12.5. The number of carboxylic acids is 1. The van der Waals surface area contributed by atoms with Crippen LogP contribution in [0.2, 0.25) is 0 Å². The Bertz CT molecular complexity index is 432. The average molecular weight is 300 g/mol. The fourth-order valence-corrected chi connectivity index (χ4v) is 2.52. The van der Waals surface area contributed by atoms with E-state index in [4.69, 9.17) is 4.74 Å². The van der Waals surface area contributed by atoms with E-state index in [0.717, 1.165) is 10.2 Å². The van der Waals surface area contributed by atoms with Crippen molar-refractivity contribution in [3.05, 3.63) is 28.7 Å². The number of para-hydroxylation sites is 1. The molecule has 1 aromatic carbocycles.